The Morgan fingerprint density at radius 3 is 2.78 bits per heavy atom. The summed E-state index contributed by atoms with van der Waals surface area (Å²) in [5, 5.41) is 5.02. The van der Waals surface area contributed by atoms with Crippen LogP contribution in [0.2, 0.25) is 0 Å². The number of aromatic nitrogens is 2. The molecule has 0 atom stereocenters. The fourth-order valence-corrected chi connectivity index (χ4v) is 2.31. The molecule has 0 saturated heterocycles. The molecule has 0 radical (unpaired) electrons. The van der Waals surface area contributed by atoms with E-state index in [1.807, 2.05) is 14.0 Å². The number of nitrogens with zero attached hydrogens (tertiary/aromatic N) is 2. The molecule has 1 aromatic heterocycles. The number of benzene rings is 1. The van der Waals surface area contributed by atoms with Gasteiger partial charge in [-0.05, 0) is 25.1 Å². The summed E-state index contributed by atoms with van der Waals surface area (Å²) in [5.41, 5.74) is 1.39. The lowest BCUT2D eigenvalue weighted by atomic mass is 10.2. The van der Waals surface area contributed by atoms with Crippen LogP contribution in [0.15, 0.2) is 18.2 Å². The van der Waals surface area contributed by atoms with Crippen molar-refractivity contribution in [2.75, 3.05) is 17.6 Å². The lowest BCUT2D eigenvalue weighted by Crippen LogP contribution is -2.09. The Morgan fingerprint density at radius 2 is 2.17 bits per heavy atom. The standard InChI is InChI=1S/C11H15N3O3S/c1-4-17-11-9-7-8(13-18(3,15)16)5-6-10(9)14(2)12-11/h5-7,13H,4H2,1-3H3. The summed E-state index contributed by atoms with van der Waals surface area (Å²) in [4.78, 5) is 0. The molecule has 0 unspecified atom stereocenters. The summed E-state index contributed by atoms with van der Waals surface area (Å²) in [6.45, 7) is 2.38. The molecule has 7 heteroatoms. The summed E-state index contributed by atoms with van der Waals surface area (Å²) in [6.07, 6.45) is 1.11. The minimum absolute atomic E-state index is 0.499. The molecular weight excluding hydrogens is 254 g/mol. The summed E-state index contributed by atoms with van der Waals surface area (Å²) in [6, 6.07) is 5.22. The van der Waals surface area contributed by atoms with Gasteiger partial charge in [0.15, 0.2) is 0 Å². The molecule has 1 aromatic carbocycles. The Bertz CT molecular complexity index is 676. The molecule has 0 spiro atoms. The van der Waals surface area contributed by atoms with E-state index in [9.17, 15) is 8.42 Å². The van der Waals surface area contributed by atoms with Crippen LogP contribution in [0.3, 0.4) is 0 Å². The van der Waals surface area contributed by atoms with Crippen LogP contribution in [-0.2, 0) is 17.1 Å². The molecule has 1 N–H and O–H groups in total. The molecule has 18 heavy (non-hydrogen) atoms. The zero-order valence-electron chi connectivity index (χ0n) is 10.5. The number of sulfonamides is 1. The van der Waals surface area contributed by atoms with Crippen LogP contribution in [0, 0.1) is 0 Å². The number of nitrogens with one attached hydrogen (secondary N) is 1. The van der Waals surface area contributed by atoms with Crippen LogP contribution in [0.4, 0.5) is 5.69 Å². The normalized spacial score (nSPS) is 11.7. The highest BCUT2D eigenvalue weighted by molar-refractivity contribution is 7.92. The first-order valence-corrected chi connectivity index (χ1v) is 7.37. The lowest BCUT2D eigenvalue weighted by Gasteiger charge is -2.04. The van der Waals surface area contributed by atoms with Crippen molar-refractivity contribution in [3.05, 3.63) is 18.2 Å². The fourth-order valence-electron chi connectivity index (χ4n) is 1.75. The monoisotopic (exact) mass is 269 g/mol. The van der Waals surface area contributed by atoms with Crippen LogP contribution in [0.25, 0.3) is 10.9 Å². The van der Waals surface area contributed by atoms with Gasteiger partial charge in [-0.3, -0.25) is 9.40 Å². The van der Waals surface area contributed by atoms with E-state index in [0.717, 1.165) is 17.2 Å². The highest BCUT2D eigenvalue weighted by atomic mass is 32.2. The van der Waals surface area contributed by atoms with Crippen molar-refractivity contribution in [1.29, 1.82) is 0 Å². The van der Waals surface area contributed by atoms with E-state index in [0.29, 0.717) is 18.2 Å². The Labute approximate surface area is 106 Å². The van der Waals surface area contributed by atoms with Crippen molar-refractivity contribution < 1.29 is 13.2 Å². The van der Waals surface area contributed by atoms with Crippen molar-refractivity contribution in [3.63, 3.8) is 0 Å². The van der Waals surface area contributed by atoms with E-state index in [1.54, 1.807) is 22.9 Å². The highest BCUT2D eigenvalue weighted by Gasteiger charge is 2.11. The quantitative estimate of drug-likeness (QED) is 0.909. The first kappa shape index (κ1) is 12.7. The summed E-state index contributed by atoms with van der Waals surface area (Å²) >= 11 is 0. The van der Waals surface area contributed by atoms with Crippen molar-refractivity contribution in [2.45, 2.75) is 6.92 Å². The zero-order chi connectivity index (χ0) is 13.3. The number of aryl methyl sites for hydroxylation is 1. The van der Waals surface area contributed by atoms with Gasteiger partial charge in [0.1, 0.15) is 0 Å². The van der Waals surface area contributed by atoms with Crippen molar-refractivity contribution in [2.24, 2.45) is 7.05 Å². The highest BCUT2D eigenvalue weighted by Crippen LogP contribution is 2.27. The average Bonchev–Trinajstić information content (AvgIpc) is 2.54. The van der Waals surface area contributed by atoms with E-state index in [-0.39, 0.29) is 0 Å². The van der Waals surface area contributed by atoms with E-state index in [2.05, 4.69) is 9.82 Å². The summed E-state index contributed by atoms with van der Waals surface area (Å²) in [7, 11) is -1.47. The second kappa shape index (κ2) is 4.49. The number of rotatable bonds is 4. The third-order valence-corrected chi connectivity index (χ3v) is 3.01. The van der Waals surface area contributed by atoms with Gasteiger partial charge in [0, 0.05) is 12.7 Å². The summed E-state index contributed by atoms with van der Waals surface area (Å²) < 4.78 is 31.9. The van der Waals surface area contributed by atoms with E-state index in [1.165, 1.54) is 0 Å². The molecule has 1 heterocycles. The van der Waals surface area contributed by atoms with Crippen LogP contribution >= 0.6 is 0 Å². The molecule has 0 amide bonds. The van der Waals surface area contributed by atoms with Gasteiger partial charge in [-0.15, -0.1) is 5.10 Å². The molecule has 0 aliphatic carbocycles. The van der Waals surface area contributed by atoms with Crippen molar-refractivity contribution in [3.8, 4) is 5.88 Å². The van der Waals surface area contributed by atoms with Gasteiger partial charge in [-0.1, -0.05) is 0 Å². The largest absolute Gasteiger partial charge is 0.476 e. The minimum Gasteiger partial charge on any atom is -0.476 e. The lowest BCUT2D eigenvalue weighted by molar-refractivity contribution is 0.326. The van der Waals surface area contributed by atoms with E-state index >= 15 is 0 Å². The van der Waals surface area contributed by atoms with Crippen molar-refractivity contribution >= 4 is 26.6 Å². The van der Waals surface area contributed by atoms with E-state index in [4.69, 9.17) is 4.74 Å². The molecule has 98 valence electrons. The second-order valence-corrected chi connectivity index (χ2v) is 5.72. The third-order valence-electron chi connectivity index (χ3n) is 2.40. The van der Waals surface area contributed by atoms with Gasteiger partial charge in [0.05, 0.1) is 23.8 Å². The Balaban J connectivity index is 2.52. The van der Waals surface area contributed by atoms with Crippen LogP contribution in [0.1, 0.15) is 6.92 Å². The van der Waals surface area contributed by atoms with Crippen LogP contribution in [-0.4, -0.2) is 31.1 Å². The van der Waals surface area contributed by atoms with Crippen LogP contribution in [0.5, 0.6) is 5.88 Å². The SMILES string of the molecule is CCOc1nn(C)c2ccc(NS(C)(=O)=O)cc12. The first-order chi connectivity index (χ1) is 8.40. The predicted octanol–water partition coefficient (Wildman–Crippen LogP) is 1.34. The number of fused-ring (bicyclic) bond motifs is 1. The maximum Gasteiger partial charge on any atom is 0.240 e. The number of hydrogen-bond acceptors (Lipinski definition) is 4. The van der Waals surface area contributed by atoms with Gasteiger partial charge in [-0.2, -0.15) is 0 Å². The maximum absolute atomic E-state index is 11.2. The van der Waals surface area contributed by atoms with Gasteiger partial charge in [0.2, 0.25) is 15.9 Å². The topological polar surface area (TPSA) is 73.2 Å². The molecule has 0 aliphatic heterocycles. The number of ether oxygens (including phenoxy) is 1. The Morgan fingerprint density at radius 1 is 1.44 bits per heavy atom. The summed E-state index contributed by atoms with van der Waals surface area (Å²) in [5.74, 6) is 0.507. The molecule has 6 nitrogen and oxygen atoms in total. The zero-order valence-corrected chi connectivity index (χ0v) is 11.3. The Hall–Kier alpha value is -1.76. The minimum atomic E-state index is -3.28. The molecule has 0 fully saturated rings. The average molecular weight is 269 g/mol. The molecule has 2 aromatic rings. The van der Waals surface area contributed by atoms with Crippen LogP contribution < -0.4 is 9.46 Å². The number of anilines is 1. The van der Waals surface area contributed by atoms with E-state index < -0.39 is 10.0 Å². The van der Waals surface area contributed by atoms with Gasteiger partial charge in [-0.25, -0.2) is 8.42 Å². The third kappa shape index (κ3) is 2.56. The molecule has 0 saturated carbocycles. The number of hydrogen-bond donors (Lipinski definition) is 1. The van der Waals surface area contributed by atoms with Gasteiger partial charge < -0.3 is 4.74 Å². The first-order valence-electron chi connectivity index (χ1n) is 5.48. The molecular formula is C11H15N3O3S. The van der Waals surface area contributed by atoms with Gasteiger partial charge in [0.25, 0.3) is 0 Å². The fraction of sp³-hybridized carbons (Fsp3) is 0.364. The molecule has 0 bridgehead atoms. The molecule has 0 aliphatic rings. The predicted molar refractivity (Wildman–Crippen MR) is 70.3 cm³/mol. The molecule has 2 rings (SSSR count). The smallest absolute Gasteiger partial charge is 0.240 e. The maximum atomic E-state index is 11.2. The van der Waals surface area contributed by atoms with Gasteiger partial charge >= 0.3 is 0 Å². The second-order valence-electron chi connectivity index (χ2n) is 3.97. The Kier molecular flexibility index (Phi) is 3.16. The van der Waals surface area contributed by atoms with Crippen molar-refractivity contribution in [1.82, 2.24) is 9.78 Å².